The summed E-state index contributed by atoms with van der Waals surface area (Å²) in [4.78, 5) is 6.98. The van der Waals surface area contributed by atoms with E-state index in [1.807, 2.05) is 24.5 Å². The van der Waals surface area contributed by atoms with E-state index < -0.39 is 0 Å². The molecule has 5 nitrogen and oxygen atoms in total. The van der Waals surface area contributed by atoms with Crippen molar-refractivity contribution < 1.29 is 4.74 Å². The van der Waals surface area contributed by atoms with Crippen LogP contribution < -0.4 is 9.64 Å². The zero-order valence-corrected chi connectivity index (χ0v) is 14.1. The molecule has 3 aromatic rings. The lowest BCUT2D eigenvalue weighted by molar-refractivity contribution is 0.419. The summed E-state index contributed by atoms with van der Waals surface area (Å²) in [5, 5.41) is 8.40. The van der Waals surface area contributed by atoms with Crippen LogP contribution in [0, 0.1) is 6.92 Å². The van der Waals surface area contributed by atoms with Gasteiger partial charge in [-0.3, -0.25) is 10.1 Å². The number of para-hydroxylation sites is 1. The molecule has 0 bridgehead atoms. The number of aromatic amines is 1. The summed E-state index contributed by atoms with van der Waals surface area (Å²) in [6, 6.07) is 8.25. The van der Waals surface area contributed by atoms with Gasteiger partial charge in [0.1, 0.15) is 11.3 Å². The maximum atomic E-state index is 5.46. The Morgan fingerprint density at radius 1 is 1.21 bits per heavy atom. The molecule has 3 heterocycles. The Hall–Kier alpha value is -2.56. The normalized spacial score (nSPS) is 15.8. The van der Waals surface area contributed by atoms with Gasteiger partial charge in [0.15, 0.2) is 0 Å². The van der Waals surface area contributed by atoms with E-state index >= 15 is 0 Å². The number of anilines is 1. The largest absolute Gasteiger partial charge is 0.494 e. The molecule has 24 heavy (non-hydrogen) atoms. The highest BCUT2D eigenvalue weighted by Crippen LogP contribution is 2.35. The number of ether oxygens (including phenoxy) is 1. The number of aromatic nitrogens is 3. The van der Waals surface area contributed by atoms with Crippen LogP contribution in [0.2, 0.25) is 0 Å². The van der Waals surface area contributed by atoms with E-state index in [0.717, 1.165) is 42.6 Å². The summed E-state index contributed by atoms with van der Waals surface area (Å²) < 4.78 is 5.46. The molecule has 0 spiro atoms. The highest BCUT2D eigenvalue weighted by Gasteiger charge is 2.24. The smallest absolute Gasteiger partial charge is 0.145 e. The second kappa shape index (κ2) is 6.15. The van der Waals surface area contributed by atoms with Gasteiger partial charge in [-0.15, -0.1) is 0 Å². The van der Waals surface area contributed by atoms with Crippen molar-refractivity contribution in [3.05, 3.63) is 47.9 Å². The number of hydrogen-bond acceptors (Lipinski definition) is 4. The van der Waals surface area contributed by atoms with Crippen LogP contribution in [0.15, 0.2) is 36.7 Å². The first kappa shape index (κ1) is 15.0. The van der Waals surface area contributed by atoms with Gasteiger partial charge in [-0.1, -0.05) is 12.1 Å². The van der Waals surface area contributed by atoms with Crippen LogP contribution in [0.4, 0.5) is 5.69 Å². The number of fused-ring (bicyclic) bond motifs is 1. The van der Waals surface area contributed by atoms with Crippen molar-refractivity contribution in [1.29, 1.82) is 0 Å². The highest BCUT2D eigenvalue weighted by molar-refractivity contribution is 5.95. The fourth-order valence-corrected chi connectivity index (χ4v) is 3.78. The molecule has 1 saturated heterocycles. The number of piperidine rings is 1. The van der Waals surface area contributed by atoms with Gasteiger partial charge in [0, 0.05) is 36.1 Å². The lowest BCUT2D eigenvalue weighted by Crippen LogP contribution is -2.33. The molecule has 0 radical (unpaired) electrons. The number of aryl methyl sites for hydroxylation is 1. The first-order valence-electron chi connectivity index (χ1n) is 8.44. The van der Waals surface area contributed by atoms with E-state index in [1.54, 1.807) is 7.11 Å². The predicted octanol–water partition coefficient (Wildman–Crippen LogP) is 3.66. The first-order chi connectivity index (χ1) is 11.8. The second-order valence-electron chi connectivity index (χ2n) is 6.40. The Kier molecular flexibility index (Phi) is 3.84. The molecule has 0 amide bonds. The van der Waals surface area contributed by atoms with Crippen molar-refractivity contribution in [2.24, 2.45) is 0 Å². The van der Waals surface area contributed by atoms with Crippen LogP contribution in [-0.4, -0.2) is 35.4 Å². The maximum Gasteiger partial charge on any atom is 0.145 e. The quantitative estimate of drug-likeness (QED) is 0.799. The van der Waals surface area contributed by atoms with E-state index in [2.05, 4.69) is 39.1 Å². The van der Waals surface area contributed by atoms with E-state index in [0.29, 0.717) is 5.92 Å². The summed E-state index contributed by atoms with van der Waals surface area (Å²) in [7, 11) is 1.70. The molecule has 0 atom stereocenters. The number of H-pyrrole nitrogens is 1. The molecule has 5 heteroatoms. The molecule has 1 aliphatic heterocycles. The third-order valence-electron chi connectivity index (χ3n) is 5.08. The Morgan fingerprint density at radius 3 is 2.75 bits per heavy atom. The van der Waals surface area contributed by atoms with E-state index in [4.69, 9.17) is 4.74 Å². The van der Waals surface area contributed by atoms with Gasteiger partial charge in [0.05, 0.1) is 13.3 Å². The number of nitrogens with zero attached hydrogens (tertiary/aromatic N) is 3. The summed E-state index contributed by atoms with van der Waals surface area (Å²) in [5.74, 6) is 1.43. The van der Waals surface area contributed by atoms with Crippen LogP contribution >= 0.6 is 0 Å². The molecule has 1 aliphatic rings. The Bertz CT molecular complexity index is 849. The van der Waals surface area contributed by atoms with Gasteiger partial charge in [-0.25, -0.2) is 0 Å². The van der Waals surface area contributed by atoms with Crippen LogP contribution in [0.1, 0.15) is 30.0 Å². The van der Waals surface area contributed by atoms with Gasteiger partial charge in [-0.2, -0.15) is 5.10 Å². The lowest BCUT2D eigenvalue weighted by atomic mass is 9.89. The van der Waals surface area contributed by atoms with Gasteiger partial charge in [0.2, 0.25) is 0 Å². The molecule has 0 unspecified atom stereocenters. The minimum Gasteiger partial charge on any atom is -0.494 e. The molecular formula is C19H22N4O. The Labute approximate surface area is 141 Å². The molecule has 4 rings (SSSR count). The summed E-state index contributed by atoms with van der Waals surface area (Å²) in [5.41, 5.74) is 4.76. The summed E-state index contributed by atoms with van der Waals surface area (Å²) in [6.45, 7) is 4.20. The molecule has 124 valence electrons. The van der Waals surface area contributed by atoms with Crippen LogP contribution in [0.5, 0.6) is 5.75 Å². The van der Waals surface area contributed by atoms with Gasteiger partial charge >= 0.3 is 0 Å². The molecule has 1 N–H and O–H groups in total. The molecule has 1 aromatic carbocycles. The van der Waals surface area contributed by atoms with Crippen LogP contribution in [-0.2, 0) is 0 Å². The minimum absolute atomic E-state index is 0.600. The summed E-state index contributed by atoms with van der Waals surface area (Å²) >= 11 is 0. The molecule has 1 fully saturated rings. The fourth-order valence-electron chi connectivity index (χ4n) is 3.78. The second-order valence-corrected chi connectivity index (χ2v) is 6.40. The minimum atomic E-state index is 0.600. The van der Waals surface area contributed by atoms with Crippen LogP contribution in [0.3, 0.4) is 0 Å². The number of nitrogens with one attached hydrogen (secondary N) is 1. The third kappa shape index (κ3) is 2.50. The number of rotatable bonds is 3. The van der Waals surface area contributed by atoms with Gasteiger partial charge in [0.25, 0.3) is 0 Å². The van der Waals surface area contributed by atoms with Crippen LogP contribution in [0.25, 0.3) is 10.9 Å². The van der Waals surface area contributed by atoms with Crippen molar-refractivity contribution in [3.63, 3.8) is 0 Å². The zero-order chi connectivity index (χ0) is 16.5. The van der Waals surface area contributed by atoms with Gasteiger partial charge < -0.3 is 9.64 Å². The Morgan fingerprint density at radius 2 is 2.04 bits per heavy atom. The number of benzene rings is 1. The Balaban J connectivity index is 1.60. The van der Waals surface area contributed by atoms with Crippen molar-refractivity contribution >= 4 is 16.6 Å². The standard InChI is InChI=1S/C19H22N4O/c1-13-16(12-21-22-13)14-7-10-23(11-8-14)17-6-9-20-19-15(17)4-3-5-18(19)24-2/h3-6,9,12,14H,7-8,10-11H2,1-2H3,(H,21,22). The van der Waals surface area contributed by atoms with E-state index in [9.17, 15) is 0 Å². The number of methoxy groups -OCH3 is 1. The predicted molar refractivity (Wildman–Crippen MR) is 95.8 cm³/mol. The van der Waals surface area contributed by atoms with Gasteiger partial charge in [-0.05, 0) is 43.4 Å². The van der Waals surface area contributed by atoms with E-state index in [-0.39, 0.29) is 0 Å². The van der Waals surface area contributed by atoms with Crippen molar-refractivity contribution in [1.82, 2.24) is 15.2 Å². The molecule has 0 aliphatic carbocycles. The molecule has 2 aromatic heterocycles. The monoisotopic (exact) mass is 322 g/mol. The zero-order valence-electron chi connectivity index (χ0n) is 14.1. The topological polar surface area (TPSA) is 54.0 Å². The number of hydrogen-bond donors (Lipinski definition) is 1. The average molecular weight is 322 g/mol. The average Bonchev–Trinajstić information content (AvgIpc) is 3.07. The summed E-state index contributed by atoms with van der Waals surface area (Å²) in [6.07, 6.45) is 6.16. The highest BCUT2D eigenvalue weighted by atomic mass is 16.5. The third-order valence-corrected chi connectivity index (χ3v) is 5.08. The van der Waals surface area contributed by atoms with Crippen molar-refractivity contribution in [2.45, 2.75) is 25.7 Å². The number of pyridine rings is 1. The SMILES string of the molecule is COc1cccc2c(N3CCC(c4cn[nH]c4C)CC3)ccnc12. The molecular weight excluding hydrogens is 300 g/mol. The molecule has 0 saturated carbocycles. The lowest BCUT2D eigenvalue weighted by Gasteiger charge is -2.34. The fraction of sp³-hybridized carbons (Fsp3) is 0.368. The maximum absolute atomic E-state index is 5.46. The first-order valence-corrected chi connectivity index (χ1v) is 8.44. The van der Waals surface area contributed by atoms with Crippen molar-refractivity contribution in [3.8, 4) is 5.75 Å². The van der Waals surface area contributed by atoms with E-state index in [1.165, 1.54) is 16.9 Å². The van der Waals surface area contributed by atoms with Crippen molar-refractivity contribution in [2.75, 3.05) is 25.1 Å².